The molecule has 0 aliphatic carbocycles. The van der Waals surface area contributed by atoms with E-state index in [0.717, 1.165) is 16.8 Å². The van der Waals surface area contributed by atoms with Crippen LogP contribution >= 0.6 is 0 Å². The summed E-state index contributed by atoms with van der Waals surface area (Å²) >= 11 is 0. The van der Waals surface area contributed by atoms with Gasteiger partial charge in [-0.15, -0.1) is 0 Å². The van der Waals surface area contributed by atoms with Crippen LogP contribution in [0.2, 0.25) is 0 Å². The van der Waals surface area contributed by atoms with Crippen LogP contribution < -0.4 is 0 Å². The maximum absolute atomic E-state index is 4.27. The topological polar surface area (TPSA) is 37.1 Å². The Kier molecular flexibility index (Phi) is 4.86. The van der Waals surface area contributed by atoms with E-state index in [0.29, 0.717) is 6.54 Å². The molecule has 82 valence electrons. The third kappa shape index (κ3) is 4.00. The van der Waals surface area contributed by atoms with Crippen molar-refractivity contribution < 1.29 is 0 Å². The first-order valence-electron chi connectivity index (χ1n) is 4.97. The maximum atomic E-state index is 4.27. The highest BCUT2D eigenvalue weighted by Crippen LogP contribution is 2.09. The molecule has 0 fully saturated rings. The zero-order valence-corrected chi connectivity index (χ0v) is 9.43. The van der Waals surface area contributed by atoms with Crippen molar-refractivity contribution in [3.05, 3.63) is 48.2 Å². The molecule has 0 saturated heterocycles. The van der Waals surface area contributed by atoms with Crippen molar-refractivity contribution in [1.29, 1.82) is 0 Å². The van der Waals surface area contributed by atoms with E-state index in [1.54, 1.807) is 18.5 Å². The lowest BCUT2D eigenvalue weighted by atomic mass is 10.2. The van der Waals surface area contributed by atoms with Gasteiger partial charge in [-0.1, -0.05) is 31.4 Å². The van der Waals surface area contributed by atoms with Crippen LogP contribution in [0, 0.1) is 0 Å². The van der Waals surface area contributed by atoms with Crippen LogP contribution in [-0.4, -0.2) is 25.3 Å². The highest BCUT2D eigenvalue weighted by molar-refractivity contribution is 5.87. The Labute approximate surface area is 96.0 Å². The normalized spacial score (nSPS) is 27.7. The van der Waals surface area contributed by atoms with Gasteiger partial charge in [0.25, 0.3) is 0 Å². The Morgan fingerprint density at radius 3 is 3.00 bits per heavy atom. The molecule has 0 aromatic rings. The van der Waals surface area contributed by atoms with Crippen molar-refractivity contribution in [3.63, 3.8) is 0 Å². The Balaban J connectivity index is 3.01. The largest absolute Gasteiger partial charge is 0.267 e. The van der Waals surface area contributed by atoms with Crippen molar-refractivity contribution in [3.8, 4) is 0 Å². The van der Waals surface area contributed by atoms with E-state index in [-0.39, 0.29) is 0 Å². The van der Waals surface area contributed by atoms with Crippen LogP contribution in [0.4, 0.5) is 0 Å². The maximum Gasteiger partial charge on any atom is 0.110 e. The van der Waals surface area contributed by atoms with E-state index in [2.05, 4.69) is 28.1 Å². The monoisotopic (exact) mass is 213 g/mol. The van der Waals surface area contributed by atoms with Gasteiger partial charge < -0.3 is 0 Å². The molecule has 1 heterocycles. The Morgan fingerprint density at radius 2 is 2.25 bits per heavy atom. The summed E-state index contributed by atoms with van der Waals surface area (Å²) in [4.78, 5) is 12.4. The molecule has 1 aliphatic heterocycles. The number of allylic oxidation sites excluding steroid dienone is 5. The molecule has 0 spiro atoms. The molecule has 0 radical (unpaired) electrons. The van der Waals surface area contributed by atoms with Gasteiger partial charge in [-0.25, -0.2) is 4.99 Å². The first-order chi connectivity index (χ1) is 7.74. The van der Waals surface area contributed by atoms with Crippen LogP contribution in [0.25, 0.3) is 0 Å². The van der Waals surface area contributed by atoms with Crippen molar-refractivity contribution in [2.75, 3.05) is 6.54 Å². The number of rotatable bonds is 2. The first-order valence-corrected chi connectivity index (χ1v) is 4.97. The van der Waals surface area contributed by atoms with Crippen molar-refractivity contribution in [1.82, 2.24) is 0 Å². The Morgan fingerprint density at radius 1 is 1.44 bits per heavy atom. The molecule has 3 nitrogen and oxygen atoms in total. The summed E-state index contributed by atoms with van der Waals surface area (Å²) in [5, 5.41) is 0. The standard InChI is InChI=1S/C13H15N3/c1-4-7-16-13-9-15-10-14-8-11(2)5-6-12(13)3/h4-8,10H,1-2,9H2,3H3/b6-5-,13-12+,14-8-,15-10-,16-7-. The average Bonchev–Trinajstić information content (AvgIpc) is 2.29. The van der Waals surface area contributed by atoms with Gasteiger partial charge in [-0.05, 0) is 18.1 Å². The van der Waals surface area contributed by atoms with Crippen molar-refractivity contribution >= 4 is 18.8 Å². The van der Waals surface area contributed by atoms with E-state index in [1.807, 2.05) is 19.1 Å². The molecule has 16 heavy (non-hydrogen) atoms. The highest BCUT2D eigenvalue weighted by atomic mass is 14.9. The van der Waals surface area contributed by atoms with Gasteiger partial charge in [0.1, 0.15) is 6.34 Å². The molecule has 0 N–H and O–H groups in total. The predicted molar refractivity (Wildman–Crippen MR) is 71.5 cm³/mol. The third-order valence-corrected chi connectivity index (χ3v) is 1.97. The lowest BCUT2D eigenvalue weighted by Crippen LogP contribution is -1.92. The SMILES string of the molecule is C=C\C=N/C1=C(C)/C=C\C(=C)/C=N\C=N/C1. The fourth-order valence-electron chi connectivity index (χ4n) is 1.08. The van der Waals surface area contributed by atoms with Gasteiger partial charge in [0.15, 0.2) is 0 Å². The average molecular weight is 213 g/mol. The smallest absolute Gasteiger partial charge is 0.110 e. The summed E-state index contributed by atoms with van der Waals surface area (Å²) in [6.45, 7) is 9.94. The summed E-state index contributed by atoms with van der Waals surface area (Å²) < 4.78 is 0. The summed E-state index contributed by atoms with van der Waals surface area (Å²) in [6.07, 6.45) is 10.4. The second kappa shape index (κ2) is 6.45. The molecule has 0 aromatic heterocycles. The van der Waals surface area contributed by atoms with Gasteiger partial charge in [0.05, 0.1) is 12.2 Å². The second-order valence-corrected chi connectivity index (χ2v) is 3.29. The minimum Gasteiger partial charge on any atom is -0.267 e. The van der Waals surface area contributed by atoms with Gasteiger partial charge in [-0.3, -0.25) is 9.98 Å². The van der Waals surface area contributed by atoms with Crippen molar-refractivity contribution in [2.24, 2.45) is 15.0 Å². The number of hydrogen-bond acceptors (Lipinski definition) is 3. The number of nitrogens with zero attached hydrogens (tertiary/aromatic N) is 3. The molecular weight excluding hydrogens is 198 g/mol. The van der Waals surface area contributed by atoms with Gasteiger partial charge >= 0.3 is 0 Å². The van der Waals surface area contributed by atoms with E-state index in [4.69, 9.17) is 0 Å². The van der Waals surface area contributed by atoms with Crippen LogP contribution in [0.15, 0.2) is 63.2 Å². The lowest BCUT2D eigenvalue weighted by molar-refractivity contribution is 1.08. The van der Waals surface area contributed by atoms with Crippen LogP contribution in [0.5, 0.6) is 0 Å². The van der Waals surface area contributed by atoms with Gasteiger partial charge in [0.2, 0.25) is 0 Å². The molecule has 1 rings (SSSR count). The minimum atomic E-state index is 0.518. The molecule has 0 atom stereocenters. The first kappa shape index (κ1) is 12.0. The Bertz CT molecular complexity index is 420. The van der Waals surface area contributed by atoms with Crippen LogP contribution in [0.1, 0.15) is 6.92 Å². The van der Waals surface area contributed by atoms with Crippen molar-refractivity contribution in [2.45, 2.75) is 6.92 Å². The van der Waals surface area contributed by atoms with Gasteiger partial charge in [0, 0.05) is 12.4 Å². The highest BCUT2D eigenvalue weighted by Gasteiger charge is 1.97. The number of aliphatic imine (C=N–C) groups is 3. The molecule has 1 aliphatic rings. The van der Waals surface area contributed by atoms with E-state index >= 15 is 0 Å². The second-order valence-electron chi connectivity index (χ2n) is 3.29. The molecule has 0 saturated carbocycles. The van der Waals surface area contributed by atoms with Crippen LogP contribution in [0.3, 0.4) is 0 Å². The predicted octanol–water partition coefficient (Wildman–Crippen LogP) is 2.74. The fourth-order valence-corrected chi connectivity index (χ4v) is 1.08. The minimum absolute atomic E-state index is 0.518. The summed E-state index contributed by atoms with van der Waals surface area (Å²) in [7, 11) is 0. The van der Waals surface area contributed by atoms with Gasteiger partial charge in [-0.2, -0.15) is 0 Å². The summed E-state index contributed by atoms with van der Waals surface area (Å²) in [5.41, 5.74) is 2.80. The molecular formula is C13H15N3. The van der Waals surface area contributed by atoms with E-state index in [9.17, 15) is 0 Å². The third-order valence-electron chi connectivity index (χ3n) is 1.97. The van der Waals surface area contributed by atoms with Crippen LogP contribution in [-0.2, 0) is 0 Å². The summed E-state index contributed by atoms with van der Waals surface area (Å²) in [6, 6.07) is 0. The molecule has 3 heteroatoms. The fraction of sp³-hybridized carbons (Fsp3) is 0.154. The number of hydrogen-bond donors (Lipinski definition) is 0. The zero-order chi connectivity index (χ0) is 11.8. The van der Waals surface area contributed by atoms with E-state index < -0.39 is 0 Å². The van der Waals surface area contributed by atoms with E-state index in [1.165, 1.54) is 6.34 Å². The Hall–Kier alpha value is -2.03. The molecule has 0 amide bonds. The molecule has 0 aromatic carbocycles. The quantitative estimate of drug-likeness (QED) is 0.632. The lowest BCUT2D eigenvalue weighted by Gasteiger charge is -2.02. The molecule has 0 bridgehead atoms. The molecule has 0 unspecified atom stereocenters. The zero-order valence-electron chi connectivity index (χ0n) is 9.43. The summed E-state index contributed by atoms with van der Waals surface area (Å²) in [5.74, 6) is 0.